The maximum atomic E-state index is 13.7. The van der Waals surface area contributed by atoms with Crippen molar-refractivity contribution in [2.24, 2.45) is 32.4 Å². The molecule has 5 fully saturated rings. The van der Waals surface area contributed by atoms with E-state index in [0.717, 1.165) is 56.0 Å². The number of halogens is 1. The summed E-state index contributed by atoms with van der Waals surface area (Å²) in [6, 6.07) is 6.14. The van der Waals surface area contributed by atoms with Crippen molar-refractivity contribution in [2.75, 3.05) is 19.6 Å². The number of benzene rings is 1. The van der Waals surface area contributed by atoms with E-state index < -0.39 is 41.1 Å². The van der Waals surface area contributed by atoms with Gasteiger partial charge in [0.1, 0.15) is 35.9 Å². The molecule has 63 heavy (non-hydrogen) atoms. The van der Waals surface area contributed by atoms with Crippen LogP contribution in [0.3, 0.4) is 0 Å². The van der Waals surface area contributed by atoms with Gasteiger partial charge < -0.3 is 19.7 Å². The van der Waals surface area contributed by atoms with Gasteiger partial charge in [-0.3, -0.25) is 39.1 Å². The van der Waals surface area contributed by atoms with Gasteiger partial charge in [-0.15, -0.1) is 5.11 Å². The van der Waals surface area contributed by atoms with Crippen LogP contribution in [0.1, 0.15) is 105 Å². The van der Waals surface area contributed by atoms with Gasteiger partial charge in [0.05, 0.1) is 21.8 Å². The fraction of sp³-hybridized carbons (Fsp3) is 0.617. The zero-order valence-corrected chi connectivity index (χ0v) is 38.0. The van der Waals surface area contributed by atoms with Crippen molar-refractivity contribution in [3.63, 3.8) is 0 Å². The number of fused-ring (bicyclic) bond motifs is 1. The van der Waals surface area contributed by atoms with Crippen molar-refractivity contribution in [1.29, 1.82) is 5.26 Å². The average molecular weight is 883 g/mol. The van der Waals surface area contributed by atoms with Gasteiger partial charge >= 0.3 is 0 Å². The summed E-state index contributed by atoms with van der Waals surface area (Å²) in [5.41, 5.74) is -1.12. The Kier molecular flexibility index (Phi) is 11.9. The van der Waals surface area contributed by atoms with Gasteiger partial charge in [-0.1, -0.05) is 39.3 Å². The smallest absolute Gasteiger partial charge is 0.258 e. The Hall–Kier alpha value is -5.07. The molecule has 0 bridgehead atoms. The van der Waals surface area contributed by atoms with Crippen molar-refractivity contribution >= 4 is 41.1 Å². The summed E-state index contributed by atoms with van der Waals surface area (Å²) >= 11 is 6.26. The van der Waals surface area contributed by atoms with E-state index in [0.29, 0.717) is 52.1 Å². The van der Waals surface area contributed by atoms with Crippen molar-refractivity contribution in [2.45, 2.75) is 142 Å². The Bertz CT molecular complexity index is 2230. The Morgan fingerprint density at radius 2 is 1.76 bits per heavy atom. The number of hydrogen-bond donors (Lipinski definition) is 2. The molecule has 3 saturated heterocycles. The Labute approximate surface area is 374 Å². The Morgan fingerprint density at radius 1 is 1.05 bits per heavy atom. The summed E-state index contributed by atoms with van der Waals surface area (Å²) < 4.78 is 12.8. The topological polar surface area (TPSA) is 186 Å². The number of carbonyl (C=O) groups excluding carboxylic acids is 5. The van der Waals surface area contributed by atoms with E-state index in [2.05, 4.69) is 78.3 Å². The number of rotatable bonds is 12. The number of likely N-dealkylation sites (tertiary alicyclic amines) is 2. The second-order valence-electron chi connectivity index (χ2n) is 20.1. The number of nitrogens with one attached hydrogen (secondary N) is 2. The van der Waals surface area contributed by atoms with E-state index in [1.807, 2.05) is 6.08 Å². The first-order chi connectivity index (χ1) is 29.8. The molecular weight excluding hydrogens is 824 g/mol. The van der Waals surface area contributed by atoms with Crippen LogP contribution in [0, 0.1) is 33.5 Å². The summed E-state index contributed by atoms with van der Waals surface area (Å²) in [5, 5.41) is 24.1. The van der Waals surface area contributed by atoms with Crippen LogP contribution in [0.4, 0.5) is 0 Å². The first kappa shape index (κ1) is 44.5. The number of allylic oxidation sites excluding steroid dienone is 3. The zero-order chi connectivity index (χ0) is 45.2. The number of imide groups is 2. The lowest BCUT2D eigenvalue weighted by atomic mass is 9.49. The first-order valence-electron chi connectivity index (χ1n) is 22.4. The highest BCUT2D eigenvalue weighted by atomic mass is 35.5. The van der Waals surface area contributed by atoms with E-state index in [1.54, 1.807) is 37.3 Å². The van der Waals surface area contributed by atoms with Crippen LogP contribution in [0.15, 0.2) is 63.8 Å². The molecule has 0 aromatic heterocycles. The zero-order valence-electron chi connectivity index (χ0n) is 37.3. The summed E-state index contributed by atoms with van der Waals surface area (Å²) in [5.74, 6) is 0.558. The van der Waals surface area contributed by atoms with E-state index in [1.165, 1.54) is 0 Å². The highest BCUT2D eigenvalue weighted by Crippen LogP contribution is 2.56. The molecule has 3 atom stereocenters. The molecule has 15 nitrogen and oxygen atoms in total. The lowest BCUT2D eigenvalue weighted by Gasteiger charge is -2.63. The minimum absolute atomic E-state index is 0.00798. The number of hydrogen-bond acceptors (Lipinski definition) is 12. The normalized spacial score (nSPS) is 31.3. The molecule has 1 aromatic rings. The van der Waals surface area contributed by atoms with Gasteiger partial charge in [0.2, 0.25) is 23.6 Å². The third-order valence-corrected chi connectivity index (χ3v) is 15.0. The molecule has 0 radical (unpaired) electrons. The van der Waals surface area contributed by atoms with Gasteiger partial charge in [0.15, 0.2) is 6.04 Å². The van der Waals surface area contributed by atoms with Gasteiger partial charge in [0, 0.05) is 92.3 Å². The molecule has 2 saturated carbocycles. The van der Waals surface area contributed by atoms with Gasteiger partial charge in [-0.25, -0.2) is 0 Å². The molecule has 336 valence electrons. The van der Waals surface area contributed by atoms with E-state index >= 15 is 0 Å². The molecule has 2 N–H and O–H groups in total. The van der Waals surface area contributed by atoms with Crippen LogP contribution in [0.5, 0.6) is 5.75 Å². The van der Waals surface area contributed by atoms with Crippen molar-refractivity contribution < 1.29 is 33.4 Å². The maximum Gasteiger partial charge on any atom is 0.258 e. The number of nitriles is 1. The van der Waals surface area contributed by atoms with Crippen LogP contribution >= 0.6 is 11.6 Å². The van der Waals surface area contributed by atoms with Crippen LogP contribution in [0.2, 0.25) is 5.02 Å². The molecular formula is C47H59ClN8O7. The quantitative estimate of drug-likeness (QED) is 0.238. The average Bonchev–Trinajstić information content (AvgIpc) is 3.42. The number of nitrogens with zero attached hydrogens (tertiary/aromatic N) is 6. The largest absolute Gasteiger partial charge is 0.495 e. The number of ether oxygens (including phenoxy) is 2. The van der Waals surface area contributed by atoms with Gasteiger partial charge in [-0.2, -0.15) is 10.4 Å². The van der Waals surface area contributed by atoms with E-state index in [9.17, 15) is 29.2 Å². The van der Waals surface area contributed by atoms with Crippen LogP contribution in [-0.4, -0.2) is 106 Å². The Balaban J connectivity index is 0.774. The monoisotopic (exact) mass is 882 g/mol. The predicted octanol–water partition coefficient (Wildman–Crippen LogP) is 5.94. The first-order valence-corrected chi connectivity index (χ1v) is 22.8. The van der Waals surface area contributed by atoms with E-state index in [-0.39, 0.29) is 54.2 Å². The molecule has 4 aliphatic heterocycles. The minimum Gasteiger partial charge on any atom is -0.495 e. The number of piperidine rings is 2. The molecule has 7 aliphatic rings. The SMILES string of the molecule is CC(C)N(CC1CCN(C2=CCC(C(=O)NC3C(C)(C)C(Oc4ccc(C#N)c(Cl)c4)C3(C)C)N=N2)CC1)C1CC(OC2=CC=C3C(=O)N(C4CCC(=O)NC4=O)C(=O)C3(C)C2)C1. The summed E-state index contributed by atoms with van der Waals surface area (Å²) in [4.78, 5) is 70.8. The van der Waals surface area contributed by atoms with Crippen molar-refractivity contribution in [3.05, 3.63) is 64.2 Å². The molecule has 1 aromatic carbocycles. The van der Waals surface area contributed by atoms with Gasteiger partial charge in [-0.05, 0) is 76.3 Å². The number of amides is 5. The molecule has 8 rings (SSSR count). The second kappa shape index (κ2) is 16.8. The summed E-state index contributed by atoms with van der Waals surface area (Å²) in [6.07, 6.45) is 10.0. The van der Waals surface area contributed by atoms with Crippen molar-refractivity contribution in [1.82, 2.24) is 25.3 Å². The highest BCUT2D eigenvalue weighted by molar-refractivity contribution is 6.31. The van der Waals surface area contributed by atoms with Gasteiger partial charge in [0.25, 0.3) is 5.91 Å². The van der Waals surface area contributed by atoms with Crippen molar-refractivity contribution in [3.8, 4) is 11.8 Å². The lowest BCUT2D eigenvalue weighted by molar-refractivity contribution is -0.173. The molecule has 3 aliphatic carbocycles. The fourth-order valence-corrected chi connectivity index (χ4v) is 11.5. The molecule has 3 unspecified atom stereocenters. The molecule has 5 amide bonds. The Morgan fingerprint density at radius 3 is 2.38 bits per heavy atom. The van der Waals surface area contributed by atoms with E-state index in [4.69, 9.17) is 21.1 Å². The standard InChI is InChI=1S/C47H59ClN8O7/c1-26(2)55(29-20-32(21-29)62-31-10-11-33-41(60)56(44(61)47(33,7)23-31)36-13-15-38(57)50-40(36)59)25-27-16-18-54(19-17-27)37-14-12-35(52-53-37)39(58)51-42-45(3,4)43(46(42,5)6)63-30-9-8-28(24-49)34(48)22-30/h8-11,14,22,26-27,29,32,35-36,42-43H,12-13,15-21,23,25H2,1-7H3,(H,51,58)(H,50,57,59). The third-order valence-electron chi connectivity index (χ3n) is 14.7. The van der Waals surface area contributed by atoms with Crippen LogP contribution in [-0.2, 0) is 28.7 Å². The second-order valence-corrected chi connectivity index (χ2v) is 20.5. The minimum atomic E-state index is -1.12. The summed E-state index contributed by atoms with van der Waals surface area (Å²) in [6.45, 7) is 17.3. The fourth-order valence-electron chi connectivity index (χ4n) is 11.3. The maximum absolute atomic E-state index is 13.7. The number of azo groups is 1. The molecule has 0 spiro atoms. The predicted molar refractivity (Wildman–Crippen MR) is 232 cm³/mol. The molecule has 16 heteroatoms. The van der Waals surface area contributed by atoms with Crippen LogP contribution < -0.4 is 15.4 Å². The lowest BCUT2D eigenvalue weighted by Crippen LogP contribution is -2.75. The third kappa shape index (κ3) is 8.18. The highest BCUT2D eigenvalue weighted by Gasteiger charge is 2.64. The van der Waals surface area contributed by atoms with Crippen LogP contribution in [0.25, 0.3) is 0 Å². The number of carbonyl (C=O) groups is 5. The summed E-state index contributed by atoms with van der Waals surface area (Å²) in [7, 11) is 0. The molecule has 4 heterocycles.